The Balaban J connectivity index is 1.25. The normalized spacial score (nSPS) is 14.3. The summed E-state index contributed by atoms with van der Waals surface area (Å²) in [6, 6.07) is 19.4. The maximum absolute atomic E-state index is 13.1. The lowest BCUT2D eigenvalue weighted by atomic mass is 10.1. The van der Waals surface area contributed by atoms with E-state index in [0.29, 0.717) is 37.4 Å². The molecule has 4 aromatic rings. The first-order chi connectivity index (χ1) is 17.3. The average Bonchev–Trinajstić information content (AvgIpc) is 3.36. The fraction of sp³-hybridized carbons (Fsp3) is 0.259. The molecule has 186 valence electrons. The van der Waals surface area contributed by atoms with Crippen molar-refractivity contribution >= 4 is 48.3 Å². The van der Waals surface area contributed by atoms with E-state index in [2.05, 4.69) is 30.9 Å². The SMILES string of the molecule is Cc1ccc2sc(N3CCN(C(=O)c4ccc(S(=O)(=O)N(C)c5ccccc5)cc4)CC3)nc2c1C. The monoisotopic (exact) mass is 520 g/mol. The first-order valence-electron chi connectivity index (χ1n) is 11.8. The molecular formula is C27H28N4O3S2. The Labute approximate surface area is 215 Å². The zero-order valence-corrected chi connectivity index (χ0v) is 22.1. The number of rotatable bonds is 5. The molecule has 0 atom stereocenters. The van der Waals surface area contributed by atoms with Crippen molar-refractivity contribution in [3.8, 4) is 0 Å². The van der Waals surface area contributed by atoms with Crippen LogP contribution in [0.5, 0.6) is 0 Å². The van der Waals surface area contributed by atoms with Crippen LogP contribution in [0.15, 0.2) is 71.6 Å². The number of piperazine rings is 1. The van der Waals surface area contributed by atoms with Crippen LogP contribution in [0.1, 0.15) is 21.5 Å². The fourth-order valence-electron chi connectivity index (χ4n) is 4.34. The lowest BCUT2D eigenvalue weighted by Gasteiger charge is -2.34. The van der Waals surface area contributed by atoms with Gasteiger partial charge in [0.15, 0.2) is 5.13 Å². The maximum Gasteiger partial charge on any atom is 0.264 e. The molecule has 1 saturated heterocycles. The summed E-state index contributed by atoms with van der Waals surface area (Å²) in [5.41, 5.74) is 4.57. The number of fused-ring (bicyclic) bond motifs is 1. The van der Waals surface area contributed by atoms with Gasteiger partial charge < -0.3 is 9.80 Å². The molecule has 2 heterocycles. The molecule has 0 N–H and O–H groups in total. The first kappa shape index (κ1) is 24.3. The Hall–Kier alpha value is -3.43. The third kappa shape index (κ3) is 4.44. The van der Waals surface area contributed by atoms with Gasteiger partial charge in [-0.2, -0.15) is 0 Å². The van der Waals surface area contributed by atoms with E-state index in [9.17, 15) is 13.2 Å². The van der Waals surface area contributed by atoms with Gasteiger partial charge in [-0.15, -0.1) is 0 Å². The molecule has 1 fully saturated rings. The molecule has 5 rings (SSSR count). The van der Waals surface area contributed by atoms with Gasteiger partial charge in [-0.05, 0) is 67.4 Å². The number of hydrogen-bond donors (Lipinski definition) is 0. The number of nitrogens with zero attached hydrogens (tertiary/aromatic N) is 4. The summed E-state index contributed by atoms with van der Waals surface area (Å²) >= 11 is 1.69. The van der Waals surface area contributed by atoms with E-state index in [4.69, 9.17) is 4.98 Å². The highest BCUT2D eigenvalue weighted by Gasteiger charge is 2.26. The van der Waals surface area contributed by atoms with Gasteiger partial charge in [-0.25, -0.2) is 13.4 Å². The van der Waals surface area contributed by atoms with Crippen LogP contribution < -0.4 is 9.21 Å². The number of benzene rings is 3. The predicted molar refractivity (Wildman–Crippen MR) is 146 cm³/mol. The molecule has 0 saturated carbocycles. The molecule has 0 bridgehead atoms. The molecule has 0 spiro atoms. The Morgan fingerprint density at radius 2 is 1.58 bits per heavy atom. The minimum absolute atomic E-state index is 0.0919. The van der Waals surface area contributed by atoms with Crippen molar-refractivity contribution in [1.82, 2.24) is 9.88 Å². The quantitative estimate of drug-likeness (QED) is 0.381. The van der Waals surface area contributed by atoms with Crippen molar-refractivity contribution in [1.29, 1.82) is 0 Å². The van der Waals surface area contributed by atoms with Crippen molar-refractivity contribution in [2.45, 2.75) is 18.7 Å². The van der Waals surface area contributed by atoms with Gasteiger partial charge in [0.25, 0.3) is 15.9 Å². The lowest BCUT2D eigenvalue weighted by Crippen LogP contribution is -2.48. The van der Waals surface area contributed by atoms with E-state index in [1.54, 1.807) is 47.7 Å². The van der Waals surface area contributed by atoms with Crippen molar-refractivity contribution in [2.75, 3.05) is 42.4 Å². The Kier molecular flexibility index (Phi) is 6.44. The zero-order valence-electron chi connectivity index (χ0n) is 20.5. The highest BCUT2D eigenvalue weighted by atomic mass is 32.2. The van der Waals surface area contributed by atoms with Crippen LogP contribution in [-0.2, 0) is 10.0 Å². The standard InChI is InChI=1S/C27H28N4O3S2/c1-19-9-14-24-25(20(19)2)28-27(35-24)31-17-15-30(16-18-31)26(32)21-10-12-23(13-11-21)36(33,34)29(3)22-7-5-4-6-8-22/h4-14H,15-18H2,1-3H3. The van der Waals surface area contributed by atoms with Crippen molar-refractivity contribution in [3.05, 3.63) is 83.4 Å². The molecule has 0 aliphatic carbocycles. The predicted octanol–water partition coefficient (Wildman–Crippen LogP) is 4.70. The largest absolute Gasteiger partial charge is 0.345 e. The van der Waals surface area contributed by atoms with E-state index in [-0.39, 0.29) is 10.8 Å². The Morgan fingerprint density at radius 1 is 0.917 bits per heavy atom. The summed E-state index contributed by atoms with van der Waals surface area (Å²) in [5, 5.41) is 0.989. The molecule has 1 amide bonds. The van der Waals surface area contributed by atoms with Crippen molar-refractivity contribution in [3.63, 3.8) is 0 Å². The number of sulfonamides is 1. The number of thiazole rings is 1. The molecule has 0 unspecified atom stereocenters. The summed E-state index contributed by atoms with van der Waals surface area (Å²) in [6.45, 7) is 6.79. The number of anilines is 2. The number of hydrogen-bond acceptors (Lipinski definition) is 6. The van der Waals surface area contributed by atoms with Crippen LogP contribution in [0.2, 0.25) is 0 Å². The summed E-state index contributed by atoms with van der Waals surface area (Å²) in [4.78, 5) is 22.2. The van der Waals surface area contributed by atoms with E-state index in [1.807, 2.05) is 11.0 Å². The van der Waals surface area contributed by atoms with Gasteiger partial charge in [-0.3, -0.25) is 9.10 Å². The summed E-state index contributed by atoms with van der Waals surface area (Å²) in [7, 11) is -2.19. The summed E-state index contributed by atoms with van der Waals surface area (Å²) in [6.07, 6.45) is 0. The number of carbonyl (C=O) groups excluding carboxylic acids is 1. The number of para-hydroxylation sites is 1. The van der Waals surface area contributed by atoms with Crippen molar-refractivity contribution in [2.24, 2.45) is 0 Å². The molecule has 1 aliphatic heterocycles. The molecule has 36 heavy (non-hydrogen) atoms. The minimum Gasteiger partial charge on any atom is -0.345 e. The third-order valence-electron chi connectivity index (χ3n) is 6.79. The summed E-state index contributed by atoms with van der Waals surface area (Å²) in [5.74, 6) is -0.0919. The number of amides is 1. The van der Waals surface area contributed by atoms with E-state index < -0.39 is 10.0 Å². The van der Waals surface area contributed by atoms with Gasteiger partial charge in [0.2, 0.25) is 0 Å². The lowest BCUT2D eigenvalue weighted by molar-refractivity contribution is 0.0746. The van der Waals surface area contributed by atoms with Crippen LogP contribution in [0.4, 0.5) is 10.8 Å². The second kappa shape index (κ2) is 9.55. The molecule has 1 aliphatic rings. The Morgan fingerprint density at radius 3 is 2.25 bits per heavy atom. The van der Waals surface area contributed by atoms with Crippen LogP contribution in [-0.4, -0.2) is 57.4 Å². The number of aromatic nitrogens is 1. The first-order valence-corrected chi connectivity index (χ1v) is 14.1. The van der Waals surface area contributed by atoms with E-state index in [0.717, 1.165) is 10.6 Å². The molecular weight excluding hydrogens is 492 g/mol. The van der Waals surface area contributed by atoms with Gasteiger partial charge in [0, 0.05) is 38.8 Å². The third-order valence-corrected chi connectivity index (χ3v) is 9.67. The van der Waals surface area contributed by atoms with E-state index in [1.165, 1.54) is 39.3 Å². The highest BCUT2D eigenvalue weighted by Crippen LogP contribution is 2.32. The second-order valence-electron chi connectivity index (χ2n) is 8.96. The molecule has 9 heteroatoms. The number of aryl methyl sites for hydroxylation is 2. The molecule has 0 radical (unpaired) electrons. The van der Waals surface area contributed by atoms with Gasteiger partial charge >= 0.3 is 0 Å². The molecule has 7 nitrogen and oxygen atoms in total. The zero-order chi connectivity index (χ0) is 25.4. The maximum atomic E-state index is 13.1. The number of carbonyl (C=O) groups is 1. The molecule has 3 aromatic carbocycles. The smallest absolute Gasteiger partial charge is 0.264 e. The summed E-state index contributed by atoms with van der Waals surface area (Å²) < 4.78 is 28.4. The average molecular weight is 521 g/mol. The van der Waals surface area contributed by atoms with Crippen LogP contribution in [0.3, 0.4) is 0 Å². The van der Waals surface area contributed by atoms with Gasteiger partial charge in [0.05, 0.1) is 20.8 Å². The van der Waals surface area contributed by atoms with Crippen molar-refractivity contribution < 1.29 is 13.2 Å². The van der Waals surface area contributed by atoms with E-state index >= 15 is 0 Å². The van der Waals surface area contributed by atoms with Gasteiger partial charge in [-0.1, -0.05) is 35.6 Å². The van der Waals surface area contributed by atoms with Gasteiger partial charge in [0.1, 0.15) is 0 Å². The Bertz CT molecular complexity index is 1510. The minimum atomic E-state index is -3.72. The second-order valence-corrected chi connectivity index (χ2v) is 11.9. The molecule has 1 aromatic heterocycles. The fourth-order valence-corrected chi connectivity index (χ4v) is 6.61. The van der Waals surface area contributed by atoms with Crippen LogP contribution >= 0.6 is 11.3 Å². The van der Waals surface area contributed by atoms with Crippen LogP contribution in [0.25, 0.3) is 10.2 Å². The van der Waals surface area contributed by atoms with Crippen LogP contribution in [0, 0.1) is 13.8 Å². The highest BCUT2D eigenvalue weighted by molar-refractivity contribution is 7.92. The topological polar surface area (TPSA) is 73.8 Å².